The zero-order valence-electron chi connectivity index (χ0n) is 12.7. The van der Waals surface area contributed by atoms with Gasteiger partial charge in [0.1, 0.15) is 5.82 Å². The first-order valence-electron chi connectivity index (χ1n) is 7.05. The van der Waals surface area contributed by atoms with Crippen molar-refractivity contribution in [1.29, 1.82) is 0 Å². The second kappa shape index (κ2) is 6.76. The number of hydrogen-bond donors (Lipinski definition) is 1. The van der Waals surface area contributed by atoms with E-state index in [9.17, 15) is 12.8 Å². The average molecular weight is 363 g/mol. The van der Waals surface area contributed by atoms with Gasteiger partial charge in [0.2, 0.25) is 10.0 Å². The van der Waals surface area contributed by atoms with Gasteiger partial charge in [-0.05, 0) is 42.1 Å². The van der Waals surface area contributed by atoms with Crippen LogP contribution in [0.3, 0.4) is 0 Å². The summed E-state index contributed by atoms with van der Waals surface area (Å²) in [5, 5.41) is 3.84. The second-order valence-electron chi connectivity index (χ2n) is 5.10. The second-order valence-corrected chi connectivity index (χ2v) is 7.65. The number of rotatable bonds is 5. The molecular formula is C16H14FN3O2S2. The van der Waals surface area contributed by atoms with Gasteiger partial charge in [-0.15, -0.1) is 0 Å². The monoisotopic (exact) mass is 363 g/mol. The lowest BCUT2D eigenvalue weighted by atomic mass is 10.2. The van der Waals surface area contributed by atoms with Crippen LogP contribution in [0.1, 0.15) is 11.3 Å². The SMILES string of the molecule is Cc1cc(S(=O)(=O)NCc2nccnc2-c2ccsc2)ccc1F. The van der Waals surface area contributed by atoms with Gasteiger partial charge in [-0.1, -0.05) is 0 Å². The number of nitrogens with zero attached hydrogens (tertiary/aromatic N) is 2. The van der Waals surface area contributed by atoms with Crippen molar-refractivity contribution in [1.82, 2.24) is 14.7 Å². The normalized spacial score (nSPS) is 11.6. The summed E-state index contributed by atoms with van der Waals surface area (Å²) in [6.45, 7) is 1.52. The summed E-state index contributed by atoms with van der Waals surface area (Å²) in [5.41, 5.74) is 2.33. The molecule has 0 amide bonds. The third kappa shape index (κ3) is 3.50. The number of benzene rings is 1. The molecule has 0 aliphatic rings. The fraction of sp³-hybridized carbons (Fsp3) is 0.125. The number of halogens is 1. The van der Waals surface area contributed by atoms with Crippen molar-refractivity contribution < 1.29 is 12.8 Å². The van der Waals surface area contributed by atoms with E-state index in [0.29, 0.717) is 11.4 Å². The van der Waals surface area contributed by atoms with Crippen molar-refractivity contribution in [3.05, 3.63) is 64.5 Å². The molecule has 0 radical (unpaired) electrons. The van der Waals surface area contributed by atoms with Crippen LogP contribution < -0.4 is 4.72 Å². The zero-order valence-corrected chi connectivity index (χ0v) is 14.4. The van der Waals surface area contributed by atoms with Gasteiger partial charge < -0.3 is 0 Å². The molecule has 3 rings (SSSR count). The first-order chi connectivity index (χ1) is 11.5. The van der Waals surface area contributed by atoms with Gasteiger partial charge in [0.15, 0.2) is 0 Å². The van der Waals surface area contributed by atoms with Crippen molar-refractivity contribution in [2.45, 2.75) is 18.4 Å². The summed E-state index contributed by atoms with van der Waals surface area (Å²) < 4.78 is 40.6. The van der Waals surface area contributed by atoms with Gasteiger partial charge in [-0.2, -0.15) is 11.3 Å². The molecule has 124 valence electrons. The van der Waals surface area contributed by atoms with Gasteiger partial charge in [0.05, 0.1) is 22.8 Å². The van der Waals surface area contributed by atoms with Crippen molar-refractivity contribution in [3.8, 4) is 11.3 Å². The Balaban J connectivity index is 1.84. The van der Waals surface area contributed by atoms with Crippen LogP contribution in [0.2, 0.25) is 0 Å². The van der Waals surface area contributed by atoms with E-state index in [1.807, 2.05) is 16.8 Å². The summed E-state index contributed by atoms with van der Waals surface area (Å²) >= 11 is 1.52. The van der Waals surface area contributed by atoms with Crippen LogP contribution in [-0.2, 0) is 16.6 Å². The van der Waals surface area contributed by atoms with E-state index in [2.05, 4.69) is 14.7 Å². The van der Waals surface area contributed by atoms with Gasteiger partial charge in [-0.25, -0.2) is 17.5 Å². The summed E-state index contributed by atoms with van der Waals surface area (Å²) in [7, 11) is -3.77. The Hall–Kier alpha value is -2.16. The van der Waals surface area contributed by atoms with Crippen LogP contribution in [0.25, 0.3) is 11.3 Å². The van der Waals surface area contributed by atoms with Crippen molar-refractivity contribution in [2.75, 3.05) is 0 Å². The predicted octanol–water partition coefficient (Wildman–Crippen LogP) is 3.13. The standard InChI is InChI=1S/C16H14FN3O2S2/c1-11-8-13(2-3-14(11)17)24(21,22)20-9-15-16(19-6-5-18-15)12-4-7-23-10-12/h2-8,10,20H,9H2,1H3. The average Bonchev–Trinajstić information content (AvgIpc) is 3.10. The molecule has 24 heavy (non-hydrogen) atoms. The lowest BCUT2D eigenvalue weighted by Crippen LogP contribution is -2.24. The Morgan fingerprint density at radius 2 is 2.00 bits per heavy atom. The highest BCUT2D eigenvalue weighted by Gasteiger charge is 2.17. The Kier molecular flexibility index (Phi) is 4.70. The highest BCUT2D eigenvalue weighted by molar-refractivity contribution is 7.89. The molecular weight excluding hydrogens is 349 g/mol. The Morgan fingerprint density at radius 3 is 2.71 bits per heavy atom. The topological polar surface area (TPSA) is 72.0 Å². The Labute approximate surface area is 143 Å². The summed E-state index contributed by atoms with van der Waals surface area (Å²) in [5.74, 6) is -0.442. The first-order valence-corrected chi connectivity index (χ1v) is 9.48. The van der Waals surface area contributed by atoms with Crippen LogP contribution in [-0.4, -0.2) is 18.4 Å². The predicted molar refractivity (Wildman–Crippen MR) is 90.5 cm³/mol. The lowest BCUT2D eigenvalue weighted by Gasteiger charge is -2.09. The molecule has 0 saturated heterocycles. The first kappa shape index (κ1) is 16.7. The quantitative estimate of drug-likeness (QED) is 0.756. The molecule has 2 heterocycles. The zero-order chi connectivity index (χ0) is 17.2. The molecule has 0 bridgehead atoms. The molecule has 0 unspecified atom stereocenters. The van der Waals surface area contributed by atoms with E-state index >= 15 is 0 Å². The van der Waals surface area contributed by atoms with E-state index < -0.39 is 15.8 Å². The van der Waals surface area contributed by atoms with Crippen molar-refractivity contribution in [3.63, 3.8) is 0 Å². The number of aromatic nitrogens is 2. The molecule has 5 nitrogen and oxygen atoms in total. The van der Waals surface area contributed by atoms with Gasteiger partial charge >= 0.3 is 0 Å². The Morgan fingerprint density at radius 1 is 1.21 bits per heavy atom. The van der Waals surface area contributed by atoms with Crippen LogP contribution >= 0.6 is 11.3 Å². The molecule has 0 spiro atoms. The minimum absolute atomic E-state index is 0.00220. The molecule has 1 aromatic carbocycles. The fourth-order valence-corrected chi connectivity index (χ4v) is 3.88. The van der Waals surface area contributed by atoms with Crippen molar-refractivity contribution in [2.24, 2.45) is 0 Å². The lowest BCUT2D eigenvalue weighted by molar-refractivity contribution is 0.579. The molecule has 8 heteroatoms. The van der Waals surface area contributed by atoms with Crippen LogP contribution in [0.5, 0.6) is 0 Å². The molecule has 0 saturated carbocycles. The fourth-order valence-electron chi connectivity index (χ4n) is 2.17. The maximum atomic E-state index is 13.3. The third-order valence-corrected chi connectivity index (χ3v) is 5.52. The number of aryl methyl sites for hydroxylation is 1. The largest absolute Gasteiger partial charge is 0.256 e. The number of thiophene rings is 1. The van der Waals surface area contributed by atoms with Crippen LogP contribution in [0.4, 0.5) is 4.39 Å². The van der Waals surface area contributed by atoms with E-state index in [0.717, 1.165) is 11.6 Å². The third-order valence-electron chi connectivity index (χ3n) is 3.44. The molecule has 3 aromatic rings. The van der Waals surface area contributed by atoms with E-state index in [1.54, 1.807) is 6.20 Å². The molecule has 0 aliphatic heterocycles. The summed E-state index contributed by atoms with van der Waals surface area (Å²) in [6.07, 6.45) is 3.08. The maximum Gasteiger partial charge on any atom is 0.240 e. The summed E-state index contributed by atoms with van der Waals surface area (Å²) in [4.78, 5) is 8.51. The highest BCUT2D eigenvalue weighted by Crippen LogP contribution is 2.22. The minimum Gasteiger partial charge on any atom is -0.256 e. The van der Waals surface area contributed by atoms with Gasteiger partial charge in [0, 0.05) is 23.3 Å². The van der Waals surface area contributed by atoms with Crippen LogP contribution in [0, 0.1) is 12.7 Å². The number of sulfonamides is 1. The maximum absolute atomic E-state index is 13.3. The highest BCUT2D eigenvalue weighted by atomic mass is 32.2. The molecule has 0 fully saturated rings. The van der Waals surface area contributed by atoms with E-state index in [4.69, 9.17) is 0 Å². The summed E-state index contributed by atoms with van der Waals surface area (Å²) in [6, 6.07) is 5.58. The number of hydrogen-bond acceptors (Lipinski definition) is 5. The Bertz CT molecular complexity index is 957. The smallest absolute Gasteiger partial charge is 0.240 e. The van der Waals surface area contributed by atoms with Gasteiger partial charge in [0.25, 0.3) is 0 Å². The van der Waals surface area contributed by atoms with E-state index in [-0.39, 0.29) is 17.0 Å². The molecule has 0 aliphatic carbocycles. The van der Waals surface area contributed by atoms with Crippen molar-refractivity contribution >= 4 is 21.4 Å². The van der Waals surface area contributed by atoms with Crippen LogP contribution in [0.15, 0.2) is 52.3 Å². The van der Waals surface area contributed by atoms with E-state index in [1.165, 1.54) is 36.6 Å². The molecule has 2 aromatic heterocycles. The molecule has 1 N–H and O–H groups in total. The van der Waals surface area contributed by atoms with Gasteiger partial charge in [-0.3, -0.25) is 9.97 Å². The minimum atomic E-state index is -3.77. The molecule has 0 atom stereocenters. The number of nitrogens with one attached hydrogen (secondary N) is 1.